The predicted molar refractivity (Wildman–Crippen MR) is 51.5 cm³/mol. The van der Waals surface area contributed by atoms with Crippen molar-refractivity contribution in [3.05, 3.63) is 0 Å². The Labute approximate surface area is 79.6 Å². The molecule has 0 radical (unpaired) electrons. The maximum Gasteiger partial charge on any atom is 0.0448 e. The van der Waals surface area contributed by atoms with E-state index in [0.29, 0.717) is 19.3 Å². The standard InChI is InChI=1S/C9H21NO3/c1-2-10-9(3-6-11,4-7-12)5-8-13/h10-13H,2-8H2,1H3. The molecule has 0 bridgehead atoms. The van der Waals surface area contributed by atoms with Crippen molar-refractivity contribution < 1.29 is 15.3 Å². The summed E-state index contributed by atoms with van der Waals surface area (Å²) < 4.78 is 0. The molecule has 0 amide bonds. The number of hydrogen-bond donors (Lipinski definition) is 4. The number of nitrogens with one attached hydrogen (secondary N) is 1. The van der Waals surface area contributed by atoms with Crippen LogP contribution in [0.3, 0.4) is 0 Å². The summed E-state index contributed by atoms with van der Waals surface area (Å²) in [5.41, 5.74) is -0.299. The van der Waals surface area contributed by atoms with Gasteiger partial charge in [-0.05, 0) is 25.8 Å². The highest BCUT2D eigenvalue weighted by Crippen LogP contribution is 2.19. The summed E-state index contributed by atoms with van der Waals surface area (Å²) in [4.78, 5) is 0. The van der Waals surface area contributed by atoms with Crippen molar-refractivity contribution in [3.8, 4) is 0 Å². The maximum absolute atomic E-state index is 8.88. The van der Waals surface area contributed by atoms with Gasteiger partial charge in [0.15, 0.2) is 0 Å². The van der Waals surface area contributed by atoms with Gasteiger partial charge in [-0.25, -0.2) is 0 Å². The van der Waals surface area contributed by atoms with Gasteiger partial charge in [-0.2, -0.15) is 0 Å². The molecule has 0 atom stereocenters. The second-order valence-electron chi connectivity index (χ2n) is 3.23. The highest BCUT2D eigenvalue weighted by molar-refractivity contribution is 4.86. The maximum atomic E-state index is 8.88. The first-order chi connectivity index (χ1) is 6.24. The smallest absolute Gasteiger partial charge is 0.0448 e. The van der Waals surface area contributed by atoms with Gasteiger partial charge in [-0.3, -0.25) is 0 Å². The fourth-order valence-corrected chi connectivity index (χ4v) is 1.66. The van der Waals surface area contributed by atoms with Crippen LogP contribution in [0.1, 0.15) is 26.2 Å². The molecule has 0 aromatic heterocycles. The molecule has 0 aromatic rings. The minimum atomic E-state index is -0.299. The van der Waals surface area contributed by atoms with E-state index in [-0.39, 0.29) is 25.4 Å². The van der Waals surface area contributed by atoms with Gasteiger partial charge in [0.25, 0.3) is 0 Å². The van der Waals surface area contributed by atoms with Crippen molar-refractivity contribution in [1.82, 2.24) is 5.32 Å². The molecule has 0 aromatic carbocycles. The molecule has 0 unspecified atom stereocenters. The summed E-state index contributed by atoms with van der Waals surface area (Å²) >= 11 is 0. The minimum Gasteiger partial charge on any atom is -0.396 e. The van der Waals surface area contributed by atoms with E-state index in [1.165, 1.54) is 0 Å². The van der Waals surface area contributed by atoms with Crippen LogP contribution in [0.25, 0.3) is 0 Å². The van der Waals surface area contributed by atoms with Crippen LogP contribution in [0.5, 0.6) is 0 Å². The van der Waals surface area contributed by atoms with Crippen molar-refractivity contribution in [3.63, 3.8) is 0 Å². The Morgan fingerprint density at radius 2 is 1.31 bits per heavy atom. The van der Waals surface area contributed by atoms with Gasteiger partial charge in [0, 0.05) is 25.4 Å². The van der Waals surface area contributed by atoms with E-state index < -0.39 is 0 Å². The first-order valence-corrected chi connectivity index (χ1v) is 4.82. The summed E-state index contributed by atoms with van der Waals surface area (Å²) in [5, 5.41) is 29.9. The lowest BCUT2D eigenvalue weighted by Gasteiger charge is -2.33. The van der Waals surface area contributed by atoms with Gasteiger partial charge in [-0.15, -0.1) is 0 Å². The lowest BCUT2D eigenvalue weighted by atomic mass is 9.88. The molecule has 0 rings (SSSR count). The largest absolute Gasteiger partial charge is 0.396 e. The normalized spacial score (nSPS) is 12.0. The number of aliphatic hydroxyl groups is 3. The average Bonchev–Trinajstić information content (AvgIpc) is 2.06. The minimum absolute atomic E-state index is 0.0764. The summed E-state index contributed by atoms with van der Waals surface area (Å²) in [6.45, 7) is 2.98. The van der Waals surface area contributed by atoms with Gasteiger partial charge in [0.2, 0.25) is 0 Å². The van der Waals surface area contributed by atoms with E-state index in [9.17, 15) is 0 Å². The van der Waals surface area contributed by atoms with E-state index in [2.05, 4.69) is 5.32 Å². The van der Waals surface area contributed by atoms with Gasteiger partial charge in [0.1, 0.15) is 0 Å². The molecular weight excluding hydrogens is 170 g/mol. The zero-order valence-electron chi connectivity index (χ0n) is 8.29. The van der Waals surface area contributed by atoms with Crippen LogP contribution in [0.15, 0.2) is 0 Å². The van der Waals surface area contributed by atoms with Gasteiger partial charge in [0.05, 0.1) is 0 Å². The predicted octanol–water partition coefficient (Wildman–Crippen LogP) is -0.518. The third-order valence-electron chi connectivity index (χ3n) is 2.32. The van der Waals surface area contributed by atoms with Crippen LogP contribution >= 0.6 is 0 Å². The third-order valence-corrected chi connectivity index (χ3v) is 2.32. The molecule has 4 heteroatoms. The second kappa shape index (κ2) is 7.26. The molecule has 4 nitrogen and oxygen atoms in total. The SMILES string of the molecule is CCNC(CCO)(CCO)CCO. The van der Waals surface area contributed by atoms with Gasteiger partial charge in [-0.1, -0.05) is 6.92 Å². The Kier molecular flexibility index (Phi) is 7.17. The Balaban J connectivity index is 4.19. The lowest BCUT2D eigenvalue weighted by molar-refractivity contribution is 0.133. The summed E-state index contributed by atoms with van der Waals surface area (Å²) in [6, 6.07) is 0. The van der Waals surface area contributed by atoms with Crippen molar-refractivity contribution >= 4 is 0 Å². The third kappa shape index (κ3) is 4.57. The first-order valence-electron chi connectivity index (χ1n) is 4.82. The van der Waals surface area contributed by atoms with Crippen molar-refractivity contribution in [2.24, 2.45) is 0 Å². The molecular formula is C9H21NO3. The average molecular weight is 191 g/mol. The van der Waals surface area contributed by atoms with Crippen LogP contribution in [-0.4, -0.2) is 47.2 Å². The molecule has 0 fully saturated rings. The summed E-state index contributed by atoms with van der Waals surface area (Å²) in [5.74, 6) is 0. The number of rotatable bonds is 8. The van der Waals surface area contributed by atoms with Crippen LogP contribution < -0.4 is 5.32 Å². The van der Waals surface area contributed by atoms with Crippen LogP contribution in [-0.2, 0) is 0 Å². The Morgan fingerprint density at radius 1 is 0.923 bits per heavy atom. The molecule has 0 saturated carbocycles. The molecule has 0 saturated heterocycles. The second-order valence-corrected chi connectivity index (χ2v) is 3.23. The van der Waals surface area contributed by atoms with E-state index >= 15 is 0 Å². The van der Waals surface area contributed by atoms with Crippen molar-refractivity contribution in [2.45, 2.75) is 31.7 Å². The topological polar surface area (TPSA) is 72.7 Å². The Morgan fingerprint density at radius 3 is 1.54 bits per heavy atom. The monoisotopic (exact) mass is 191 g/mol. The zero-order valence-corrected chi connectivity index (χ0v) is 8.29. The van der Waals surface area contributed by atoms with E-state index in [4.69, 9.17) is 15.3 Å². The fraction of sp³-hybridized carbons (Fsp3) is 1.00. The molecule has 0 aliphatic heterocycles. The number of aliphatic hydroxyl groups excluding tert-OH is 3. The zero-order chi connectivity index (χ0) is 10.2. The molecule has 4 N–H and O–H groups in total. The molecule has 13 heavy (non-hydrogen) atoms. The molecule has 0 aliphatic carbocycles. The van der Waals surface area contributed by atoms with E-state index in [1.54, 1.807) is 0 Å². The lowest BCUT2D eigenvalue weighted by Crippen LogP contribution is -2.47. The Bertz CT molecular complexity index is 89.9. The highest BCUT2D eigenvalue weighted by Gasteiger charge is 2.26. The van der Waals surface area contributed by atoms with E-state index in [0.717, 1.165) is 6.54 Å². The van der Waals surface area contributed by atoms with Crippen LogP contribution in [0, 0.1) is 0 Å². The van der Waals surface area contributed by atoms with Crippen molar-refractivity contribution in [1.29, 1.82) is 0 Å². The molecule has 0 aliphatic rings. The van der Waals surface area contributed by atoms with E-state index in [1.807, 2.05) is 6.92 Å². The summed E-state index contributed by atoms with van der Waals surface area (Å²) in [7, 11) is 0. The van der Waals surface area contributed by atoms with Gasteiger partial charge < -0.3 is 20.6 Å². The molecule has 0 spiro atoms. The van der Waals surface area contributed by atoms with Crippen LogP contribution in [0.2, 0.25) is 0 Å². The van der Waals surface area contributed by atoms with Crippen LogP contribution in [0.4, 0.5) is 0 Å². The number of hydrogen-bond acceptors (Lipinski definition) is 4. The molecule has 0 heterocycles. The molecule has 80 valence electrons. The fourth-order valence-electron chi connectivity index (χ4n) is 1.66. The highest BCUT2D eigenvalue weighted by atomic mass is 16.3. The van der Waals surface area contributed by atoms with Crippen molar-refractivity contribution in [2.75, 3.05) is 26.4 Å². The van der Waals surface area contributed by atoms with Gasteiger partial charge >= 0.3 is 0 Å². The summed E-state index contributed by atoms with van der Waals surface area (Å²) in [6.07, 6.45) is 1.71. The quantitative estimate of drug-likeness (QED) is 0.417. The Hall–Kier alpha value is -0.160. The first kappa shape index (κ1) is 12.8.